The van der Waals surface area contributed by atoms with Crippen molar-refractivity contribution < 1.29 is 22.4 Å². The maximum atomic E-state index is 13.2. The maximum Gasteiger partial charge on any atom is 0.417 e. The van der Waals surface area contributed by atoms with Gasteiger partial charge in [-0.25, -0.2) is 9.37 Å². The predicted molar refractivity (Wildman–Crippen MR) is 88.2 cm³/mol. The van der Waals surface area contributed by atoms with Crippen LogP contribution in [0.25, 0.3) is 16.9 Å². The highest BCUT2D eigenvalue weighted by molar-refractivity contribution is 6.27. The van der Waals surface area contributed by atoms with Gasteiger partial charge in [0.15, 0.2) is 0 Å². The summed E-state index contributed by atoms with van der Waals surface area (Å²) in [6, 6.07) is 7.55. The minimum Gasteiger partial charge on any atom is -0.349 e. The lowest BCUT2D eigenvalue weighted by atomic mass is 10.1. The third-order valence-electron chi connectivity index (χ3n) is 3.74. The fourth-order valence-electron chi connectivity index (χ4n) is 2.50. The first-order valence-corrected chi connectivity index (χ1v) is 8.00. The number of hydrogen-bond donors (Lipinski definition) is 1. The fourth-order valence-corrected chi connectivity index (χ4v) is 2.59. The molecule has 0 aliphatic carbocycles. The number of nitrogens with one attached hydrogen (secondary N) is 1. The molecule has 0 aliphatic rings. The summed E-state index contributed by atoms with van der Waals surface area (Å²) in [5.41, 5.74) is 0.611. The van der Waals surface area contributed by atoms with Crippen molar-refractivity contribution in [3.05, 3.63) is 59.7 Å². The number of imidazole rings is 1. The second-order valence-electron chi connectivity index (χ2n) is 5.47. The van der Waals surface area contributed by atoms with E-state index in [0.29, 0.717) is 17.0 Å². The molecule has 0 spiro atoms. The normalized spacial score (nSPS) is 11.7. The Morgan fingerprint density at radius 1 is 1.15 bits per heavy atom. The number of carbonyl (C=O) groups is 1. The Labute approximate surface area is 150 Å². The van der Waals surface area contributed by atoms with Gasteiger partial charge in [0.25, 0.3) is 0 Å². The Morgan fingerprint density at radius 2 is 1.85 bits per heavy atom. The fraction of sp³-hybridized carbons (Fsp3) is 0.176. The Hall–Kier alpha value is -2.61. The maximum absolute atomic E-state index is 13.2. The molecule has 1 N–H and O–H groups in total. The highest BCUT2D eigenvalue weighted by atomic mass is 35.5. The number of alkyl halides is 4. The lowest BCUT2D eigenvalue weighted by molar-refractivity contribution is -0.137. The molecule has 0 radical (unpaired) electrons. The average molecular weight is 386 g/mol. The van der Waals surface area contributed by atoms with Gasteiger partial charge in [0.2, 0.25) is 5.91 Å². The molecule has 4 nitrogen and oxygen atoms in total. The largest absolute Gasteiger partial charge is 0.417 e. The number of hydrogen-bond acceptors (Lipinski definition) is 2. The van der Waals surface area contributed by atoms with Crippen LogP contribution in [0.1, 0.15) is 11.3 Å². The van der Waals surface area contributed by atoms with Gasteiger partial charge in [0, 0.05) is 11.8 Å². The minimum atomic E-state index is -4.52. The molecule has 136 valence electrons. The van der Waals surface area contributed by atoms with Crippen molar-refractivity contribution in [1.29, 1.82) is 0 Å². The third-order valence-corrected chi connectivity index (χ3v) is 3.98. The quantitative estimate of drug-likeness (QED) is 0.545. The van der Waals surface area contributed by atoms with Gasteiger partial charge in [-0.05, 0) is 36.4 Å². The van der Waals surface area contributed by atoms with E-state index >= 15 is 0 Å². The van der Waals surface area contributed by atoms with Crippen molar-refractivity contribution >= 4 is 23.2 Å². The first-order valence-electron chi connectivity index (χ1n) is 7.46. The molecule has 0 fully saturated rings. The molecule has 0 aliphatic heterocycles. The number of benzene rings is 1. The van der Waals surface area contributed by atoms with Gasteiger partial charge in [0.1, 0.15) is 17.3 Å². The second kappa shape index (κ2) is 6.95. The van der Waals surface area contributed by atoms with Crippen molar-refractivity contribution in [2.75, 3.05) is 5.88 Å². The highest BCUT2D eigenvalue weighted by Crippen LogP contribution is 2.31. The van der Waals surface area contributed by atoms with E-state index in [4.69, 9.17) is 11.6 Å². The van der Waals surface area contributed by atoms with E-state index in [0.717, 1.165) is 12.3 Å². The van der Waals surface area contributed by atoms with Gasteiger partial charge in [-0.3, -0.25) is 4.79 Å². The first kappa shape index (κ1) is 18.2. The Kier molecular flexibility index (Phi) is 4.86. The summed E-state index contributed by atoms with van der Waals surface area (Å²) in [6.07, 6.45) is -3.61. The van der Waals surface area contributed by atoms with E-state index in [-0.39, 0.29) is 18.1 Å². The lowest BCUT2D eigenvalue weighted by Crippen LogP contribution is -2.24. The molecule has 2 aromatic heterocycles. The predicted octanol–water partition coefficient (Wildman–Crippen LogP) is 4.01. The van der Waals surface area contributed by atoms with Crippen LogP contribution in [0.2, 0.25) is 0 Å². The van der Waals surface area contributed by atoms with Crippen molar-refractivity contribution in [3.63, 3.8) is 0 Å². The molecule has 0 bridgehead atoms. The van der Waals surface area contributed by atoms with Gasteiger partial charge in [-0.2, -0.15) is 13.2 Å². The van der Waals surface area contributed by atoms with E-state index < -0.39 is 23.5 Å². The molecule has 1 aromatic carbocycles. The van der Waals surface area contributed by atoms with E-state index in [2.05, 4.69) is 10.3 Å². The van der Waals surface area contributed by atoms with Crippen LogP contribution in [-0.4, -0.2) is 21.2 Å². The molecule has 0 saturated carbocycles. The summed E-state index contributed by atoms with van der Waals surface area (Å²) in [6.45, 7) is -0.0826. The average Bonchev–Trinajstić information content (AvgIpc) is 2.97. The third kappa shape index (κ3) is 3.65. The Bertz CT molecular complexity index is 951. The monoisotopic (exact) mass is 385 g/mol. The van der Waals surface area contributed by atoms with Crippen LogP contribution in [0.3, 0.4) is 0 Å². The topological polar surface area (TPSA) is 46.4 Å². The smallest absolute Gasteiger partial charge is 0.349 e. The zero-order valence-electron chi connectivity index (χ0n) is 13.1. The van der Waals surface area contributed by atoms with Crippen LogP contribution in [0.5, 0.6) is 0 Å². The number of carbonyl (C=O) groups excluding carboxylic acids is 1. The highest BCUT2D eigenvalue weighted by Gasteiger charge is 2.31. The van der Waals surface area contributed by atoms with E-state index in [1.54, 1.807) is 0 Å². The molecular weight excluding hydrogens is 374 g/mol. The van der Waals surface area contributed by atoms with E-state index in [1.165, 1.54) is 34.7 Å². The molecule has 1 amide bonds. The molecule has 3 aromatic rings. The van der Waals surface area contributed by atoms with E-state index in [1.807, 2.05) is 0 Å². The van der Waals surface area contributed by atoms with Gasteiger partial charge < -0.3 is 9.72 Å². The second-order valence-corrected chi connectivity index (χ2v) is 5.74. The molecule has 9 heteroatoms. The zero-order chi connectivity index (χ0) is 18.9. The summed E-state index contributed by atoms with van der Waals surface area (Å²) in [7, 11) is 0. The number of pyridine rings is 1. The number of nitrogens with zero attached hydrogens (tertiary/aromatic N) is 2. The summed E-state index contributed by atoms with van der Waals surface area (Å²) in [4.78, 5) is 15.8. The van der Waals surface area contributed by atoms with E-state index in [9.17, 15) is 22.4 Å². The molecule has 0 saturated heterocycles. The molecule has 2 heterocycles. The van der Waals surface area contributed by atoms with Crippen LogP contribution in [0.15, 0.2) is 42.6 Å². The standard InChI is InChI=1S/C17H12ClF4N3O/c18-7-15(26)23-8-13-16(10-1-4-12(19)5-2-10)24-14-6-3-11(9-25(13)14)17(20,21)22/h1-6,9H,7-8H2,(H,23,26). The minimum absolute atomic E-state index is 0.0826. The number of fused-ring (bicyclic) bond motifs is 1. The SMILES string of the molecule is O=C(CCl)NCc1c(-c2ccc(F)cc2)nc2ccc(C(F)(F)F)cn12. The van der Waals surface area contributed by atoms with Gasteiger partial charge in [-0.15, -0.1) is 11.6 Å². The van der Waals surface area contributed by atoms with Crippen LogP contribution in [0.4, 0.5) is 17.6 Å². The zero-order valence-corrected chi connectivity index (χ0v) is 13.9. The van der Waals surface area contributed by atoms with Crippen molar-refractivity contribution in [3.8, 4) is 11.3 Å². The van der Waals surface area contributed by atoms with Gasteiger partial charge in [-0.1, -0.05) is 0 Å². The van der Waals surface area contributed by atoms with Crippen LogP contribution < -0.4 is 5.32 Å². The van der Waals surface area contributed by atoms with Crippen molar-refractivity contribution in [1.82, 2.24) is 14.7 Å². The van der Waals surface area contributed by atoms with Crippen molar-refractivity contribution in [2.45, 2.75) is 12.7 Å². The molecular formula is C17H12ClF4N3O. The van der Waals surface area contributed by atoms with Crippen LogP contribution in [0, 0.1) is 5.82 Å². The van der Waals surface area contributed by atoms with Crippen LogP contribution in [-0.2, 0) is 17.5 Å². The summed E-state index contributed by atoms with van der Waals surface area (Å²) >= 11 is 5.44. The molecule has 3 rings (SSSR count). The first-order chi connectivity index (χ1) is 12.3. The Morgan fingerprint density at radius 3 is 2.46 bits per heavy atom. The van der Waals surface area contributed by atoms with Gasteiger partial charge >= 0.3 is 6.18 Å². The summed E-state index contributed by atoms with van der Waals surface area (Å²) < 4.78 is 53.5. The number of rotatable bonds is 4. The van der Waals surface area contributed by atoms with Crippen molar-refractivity contribution in [2.24, 2.45) is 0 Å². The number of aromatic nitrogens is 2. The van der Waals surface area contributed by atoms with Crippen LogP contribution >= 0.6 is 11.6 Å². The molecule has 0 unspecified atom stereocenters. The lowest BCUT2D eigenvalue weighted by Gasteiger charge is -2.10. The number of halogens is 5. The van der Waals surface area contributed by atoms with Gasteiger partial charge in [0.05, 0.1) is 23.5 Å². The Balaban J connectivity index is 2.15. The molecule has 0 atom stereocenters. The number of amides is 1. The summed E-state index contributed by atoms with van der Waals surface area (Å²) in [5, 5.41) is 2.52. The molecule has 26 heavy (non-hydrogen) atoms. The summed E-state index contributed by atoms with van der Waals surface area (Å²) in [5.74, 6) is -1.20.